The van der Waals surface area contributed by atoms with Crippen molar-refractivity contribution in [3.05, 3.63) is 0 Å². The number of nitrogens with one attached hydrogen (secondary N) is 2. The molecule has 0 radical (unpaired) electrons. The van der Waals surface area contributed by atoms with Crippen molar-refractivity contribution >= 4 is 11.9 Å². The minimum Gasteiger partial charge on any atom is -0.376 e. The van der Waals surface area contributed by atoms with E-state index in [0.29, 0.717) is 12.5 Å². The highest BCUT2D eigenvalue weighted by Crippen LogP contribution is 2.03. The first-order chi connectivity index (χ1) is 7.38. The van der Waals surface area contributed by atoms with Crippen molar-refractivity contribution in [2.24, 2.45) is 11.7 Å². The second-order valence-electron chi connectivity index (χ2n) is 4.03. The Kier molecular flexibility index (Phi) is 6.48. The number of amides is 3. The molecular weight excluding hydrogens is 210 g/mol. The van der Waals surface area contributed by atoms with Crippen LogP contribution in [0, 0.1) is 5.92 Å². The van der Waals surface area contributed by atoms with E-state index in [1.807, 2.05) is 13.8 Å². The molecule has 0 aliphatic heterocycles. The maximum Gasteiger partial charge on any atom is 0.312 e. The van der Waals surface area contributed by atoms with Gasteiger partial charge in [0.1, 0.15) is 6.04 Å². The van der Waals surface area contributed by atoms with Gasteiger partial charge in [0.15, 0.2) is 0 Å². The van der Waals surface area contributed by atoms with Crippen LogP contribution in [-0.4, -0.2) is 37.7 Å². The molecule has 0 aromatic heterocycles. The minimum atomic E-state index is -0.763. The van der Waals surface area contributed by atoms with Crippen LogP contribution in [0.4, 0.5) is 4.79 Å². The highest BCUT2D eigenvalue weighted by atomic mass is 16.5. The lowest BCUT2D eigenvalue weighted by atomic mass is 10.1. The molecule has 0 rings (SSSR count). The number of primary amides is 1. The molecule has 6 heteroatoms. The molecule has 0 aromatic carbocycles. The van der Waals surface area contributed by atoms with Crippen LogP contribution in [-0.2, 0) is 9.53 Å². The normalized spacial score (nSPS) is 14.3. The molecule has 6 nitrogen and oxygen atoms in total. The molecule has 2 unspecified atom stereocenters. The molecule has 0 saturated carbocycles. The van der Waals surface area contributed by atoms with Crippen LogP contribution < -0.4 is 16.4 Å². The quantitative estimate of drug-likeness (QED) is 0.592. The molecule has 0 bridgehead atoms. The predicted octanol–water partition coefficient (Wildman–Crippen LogP) is -0.170. The summed E-state index contributed by atoms with van der Waals surface area (Å²) in [6.07, 6.45) is -0.421. The van der Waals surface area contributed by atoms with Gasteiger partial charge in [-0.15, -0.1) is 0 Å². The molecule has 0 spiro atoms. The van der Waals surface area contributed by atoms with E-state index in [-0.39, 0.29) is 5.91 Å². The summed E-state index contributed by atoms with van der Waals surface area (Å²) >= 11 is 0. The summed E-state index contributed by atoms with van der Waals surface area (Å²) in [7, 11) is 1.49. The lowest BCUT2D eigenvalue weighted by Gasteiger charge is -2.23. The van der Waals surface area contributed by atoms with Crippen LogP contribution >= 0.6 is 0 Å². The molecule has 3 amide bonds. The average Bonchev–Trinajstić information content (AvgIpc) is 2.21. The van der Waals surface area contributed by atoms with Gasteiger partial charge in [0.2, 0.25) is 5.91 Å². The Hall–Kier alpha value is -1.30. The topological polar surface area (TPSA) is 93.5 Å². The van der Waals surface area contributed by atoms with Gasteiger partial charge in [0, 0.05) is 13.7 Å². The van der Waals surface area contributed by atoms with Crippen molar-refractivity contribution in [2.45, 2.75) is 32.9 Å². The number of carbonyl (C=O) groups excluding carboxylic acids is 2. The summed E-state index contributed by atoms with van der Waals surface area (Å²) < 4.78 is 5.46. The maximum atomic E-state index is 11.5. The molecule has 16 heavy (non-hydrogen) atoms. The van der Waals surface area contributed by atoms with E-state index in [2.05, 4.69) is 10.6 Å². The van der Waals surface area contributed by atoms with Gasteiger partial charge in [-0.1, -0.05) is 13.8 Å². The van der Waals surface area contributed by atoms with Crippen molar-refractivity contribution < 1.29 is 14.3 Å². The third-order valence-electron chi connectivity index (χ3n) is 1.99. The number of likely N-dealkylation sites (N-methyl/N-ethyl adjacent to an activating group) is 1. The number of nitrogens with two attached hydrogens (primary N) is 1. The Morgan fingerprint density at radius 2 is 1.88 bits per heavy atom. The van der Waals surface area contributed by atoms with E-state index in [0.717, 1.165) is 0 Å². The summed E-state index contributed by atoms with van der Waals surface area (Å²) in [5, 5.41) is 4.81. The van der Waals surface area contributed by atoms with E-state index in [4.69, 9.17) is 10.5 Å². The van der Waals surface area contributed by atoms with Crippen molar-refractivity contribution in [3.8, 4) is 0 Å². The highest BCUT2D eigenvalue weighted by Gasteiger charge is 2.26. The maximum absolute atomic E-state index is 11.5. The zero-order valence-electron chi connectivity index (χ0n) is 10.2. The van der Waals surface area contributed by atoms with Gasteiger partial charge in [-0.05, 0) is 12.8 Å². The summed E-state index contributed by atoms with van der Waals surface area (Å²) in [6, 6.07) is -1.50. The third-order valence-corrected chi connectivity index (χ3v) is 1.99. The van der Waals surface area contributed by atoms with Crippen LogP contribution in [0.5, 0.6) is 0 Å². The van der Waals surface area contributed by atoms with Gasteiger partial charge >= 0.3 is 6.03 Å². The van der Waals surface area contributed by atoms with Crippen molar-refractivity contribution in [3.63, 3.8) is 0 Å². The first kappa shape index (κ1) is 14.7. The zero-order valence-corrected chi connectivity index (χ0v) is 10.2. The summed E-state index contributed by atoms with van der Waals surface area (Å²) in [6.45, 7) is 6.25. The van der Waals surface area contributed by atoms with Gasteiger partial charge in [-0.3, -0.25) is 4.79 Å². The fourth-order valence-electron chi connectivity index (χ4n) is 1.15. The lowest BCUT2D eigenvalue weighted by Crippen LogP contribution is -2.54. The van der Waals surface area contributed by atoms with E-state index >= 15 is 0 Å². The monoisotopic (exact) mass is 231 g/mol. The molecule has 0 heterocycles. The van der Waals surface area contributed by atoms with Crippen molar-refractivity contribution in [1.29, 1.82) is 0 Å². The second-order valence-corrected chi connectivity index (χ2v) is 4.03. The Balaban J connectivity index is 4.37. The van der Waals surface area contributed by atoms with Gasteiger partial charge in [0.05, 0.1) is 6.10 Å². The first-order valence-corrected chi connectivity index (χ1v) is 5.27. The Labute approximate surface area is 95.9 Å². The summed E-state index contributed by atoms with van der Waals surface area (Å²) in [5.41, 5.74) is 4.99. The fourth-order valence-corrected chi connectivity index (χ4v) is 1.15. The molecule has 0 aliphatic rings. The van der Waals surface area contributed by atoms with E-state index in [9.17, 15) is 9.59 Å². The molecule has 94 valence electrons. The first-order valence-electron chi connectivity index (χ1n) is 5.27. The second kappa shape index (κ2) is 7.05. The number of hydrogen-bond donors (Lipinski definition) is 3. The Morgan fingerprint density at radius 3 is 2.25 bits per heavy atom. The molecule has 0 saturated heterocycles. The Morgan fingerprint density at radius 1 is 1.31 bits per heavy atom. The van der Waals surface area contributed by atoms with E-state index in [1.165, 1.54) is 7.05 Å². The Bertz CT molecular complexity index is 243. The number of rotatable bonds is 6. The minimum absolute atomic E-state index is 0.324. The molecule has 4 N–H and O–H groups in total. The van der Waals surface area contributed by atoms with Crippen LogP contribution in [0.1, 0.15) is 20.8 Å². The molecular formula is C10H21N3O3. The van der Waals surface area contributed by atoms with Gasteiger partial charge in [-0.25, -0.2) is 4.79 Å². The van der Waals surface area contributed by atoms with Crippen LogP contribution in [0.2, 0.25) is 0 Å². The van der Waals surface area contributed by atoms with Gasteiger partial charge in [0.25, 0.3) is 0 Å². The summed E-state index contributed by atoms with van der Waals surface area (Å²) in [4.78, 5) is 22.2. The van der Waals surface area contributed by atoms with E-state index in [1.54, 1.807) is 6.92 Å². The molecule has 0 aromatic rings. The number of hydrogen-bond acceptors (Lipinski definition) is 3. The van der Waals surface area contributed by atoms with Crippen LogP contribution in [0.25, 0.3) is 0 Å². The standard InChI is InChI=1S/C10H21N3O3/c1-6(2)5-16-7(3)8(9(14)12-4)13-10(11)15/h6-8H,5H2,1-4H3,(H,12,14)(H3,11,13,15). The predicted molar refractivity (Wildman–Crippen MR) is 60.8 cm³/mol. The average molecular weight is 231 g/mol. The van der Waals surface area contributed by atoms with Crippen LogP contribution in [0.15, 0.2) is 0 Å². The van der Waals surface area contributed by atoms with Gasteiger partial charge < -0.3 is 21.1 Å². The highest BCUT2D eigenvalue weighted by molar-refractivity contribution is 5.86. The van der Waals surface area contributed by atoms with Crippen LogP contribution in [0.3, 0.4) is 0 Å². The van der Waals surface area contributed by atoms with E-state index < -0.39 is 18.2 Å². The smallest absolute Gasteiger partial charge is 0.312 e. The number of ether oxygens (including phenoxy) is 1. The molecule has 0 fully saturated rings. The van der Waals surface area contributed by atoms with Crippen molar-refractivity contribution in [1.82, 2.24) is 10.6 Å². The molecule has 2 atom stereocenters. The molecule has 0 aliphatic carbocycles. The largest absolute Gasteiger partial charge is 0.376 e. The summed E-state index contributed by atoms with van der Waals surface area (Å²) in [5.74, 6) is 0.0384. The van der Waals surface area contributed by atoms with Gasteiger partial charge in [-0.2, -0.15) is 0 Å². The SMILES string of the molecule is CNC(=O)C(NC(N)=O)C(C)OCC(C)C. The van der Waals surface area contributed by atoms with Crippen molar-refractivity contribution in [2.75, 3.05) is 13.7 Å². The lowest BCUT2D eigenvalue weighted by molar-refractivity contribution is -0.126. The number of carbonyl (C=O) groups is 2. The fraction of sp³-hybridized carbons (Fsp3) is 0.800. The third kappa shape index (κ3) is 5.55. The number of urea groups is 1. The zero-order chi connectivity index (χ0) is 12.7.